The first-order valence-electron chi connectivity index (χ1n) is 15.1. The van der Waals surface area contributed by atoms with Crippen LogP contribution in [-0.2, 0) is 4.74 Å². The van der Waals surface area contributed by atoms with Crippen molar-refractivity contribution in [2.45, 2.75) is 39.3 Å². The second-order valence-electron chi connectivity index (χ2n) is 11.7. The normalized spacial score (nSPS) is 19.5. The fourth-order valence-electron chi connectivity index (χ4n) is 5.62. The van der Waals surface area contributed by atoms with E-state index in [-0.39, 0.29) is 39.6 Å². The second-order valence-corrected chi connectivity index (χ2v) is 12.1. The highest BCUT2D eigenvalue weighted by atomic mass is 35.5. The van der Waals surface area contributed by atoms with Gasteiger partial charge in [-0.25, -0.2) is 13.5 Å². The van der Waals surface area contributed by atoms with Gasteiger partial charge in [0.15, 0.2) is 11.5 Å². The molecular weight excluding hydrogens is 606 g/mol. The molecule has 14 heteroatoms. The number of ether oxygens (including phenoxy) is 1. The molecule has 0 spiro atoms. The third kappa shape index (κ3) is 7.43. The molecule has 2 aromatic carbocycles. The first-order valence-corrected chi connectivity index (χ1v) is 15.5. The molecule has 2 N–H and O–H groups in total. The summed E-state index contributed by atoms with van der Waals surface area (Å²) in [7, 11) is 2.04. The third-order valence-corrected chi connectivity index (χ3v) is 9.08. The van der Waals surface area contributed by atoms with E-state index >= 15 is 4.39 Å². The highest BCUT2D eigenvalue weighted by Gasteiger charge is 2.30. The van der Waals surface area contributed by atoms with Crippen LogP contribution in [-0.4, -0.2) is 108 Å². The standard InChI is InChI=1S/C31H39ClF2N8O3/c1-19-16-41(17-20(2)39(19)4)28-14-24(34)27(15-25(28)36-30(43)22-6-7-23(33)21(3)29(22)32)42-18-26(37-38-42)31(44)35-8-5-9-40-10-12-45-13-11-40/h6-7,14-15,18-20H,5,8-13,16-17H2,1-4H3,(H,35,44)(H,36,43)/t19-,20+. The largest absolute Gasteiger partial charge is 0.379 e. The van der Waals surface area contributed by atoms with E-state index in [1.165, 1.54) is 42.1 Å². The fourth-order valence-corrected chi connectivity index (χ4v) is 5.86. The number of benzene rings is 2. The van der Waals surface area contributed by atoms with Gasteiger partial charge in [-0.3, -0.25) is 19.4 Å². The Labute approximate surface area is 266 Å². The first kappa shape index (κ1) is 32.7. The van der Waals surface area contributed by atoms with Crippen LogP contribution in [0.1, 0.15) is 46.7 Å². The molecule has 2 aliphatic rings. The predicted octanol–water partition coefficient (Wildman–Crippen LogP) is 3.74. The minimum Gasteiger partial charge on any atom is -0.379 e. The smallest absolute Gasteiger partial charge is 0.273 e. The average Bonchev–Trinajstić information content (AvgIpc) is 3.52. The number of hydrogen-bond donors (Lipinski definition) is 2. The van der Waals surface area contributed by atoms with E-state index in [4.69, 9.17) is 16.3 Å². The molecule has 242 valence electrons. The Morgan fingerprint density at radius 3 is 2.47 bits per heavy atom. The quantitative estimate of drug-likeness (QED) is 0.340. The fraction of sp³-hybridized carbons (Fsp3) is 0.484. The van der Waals surface area contributed by atoms with Crippen molar-refractivity contribution in [3.63, 3.8) is 0 Å². The van der Waals surface area contributed by atoms with Crippen LogP contribution >= 0.6 is 11.6 Å². The minimum atomic E-state index is -0.611. The van der Waals surface area contributed by atoms with Crippen LogP contribution in [0.25, 0.3) is 5.69 Å². The maximum Gasteiger partial charge on any atom is 0.273 e. The Balaban J connectivity index is 1.38. The molecule has 0 unspecified atom stereocenters. The van der Waals surface area contributed by atoms with Gasteiger partial charge >= 0.3 is 0 Å². The van der Waals surface area contributed by atoms with E-state index in [0.29, 0.717) is 44.2 Å². The van der Waals surface area contributed by atoms with Crippen LogP contribution in [0.15, 0.2) is 30.5 Å². The number of anilines is 2. The van der Waals surface area contributed by atoms with Crippen molar-refractivity contribution in [3.8, 4) is 5.69 Å². The van der Waals surface area contributed by atoms with E-state index < -0.39 is 23.4 Å². The zero-order valence-electron chi connectivity index (χ0n) is 25.9. The van der Waals surface area contributed by atoms with Gasteiger partial charge in [-0.15, -0.1) is 5.10 Å². The Hall–Kier alpha value is -3.65. The first-order chi connectivity index (χ1) is 21.5. The summed E-state index contributed by atoms with van der Waals surface area (Å²) in [6, 6.07) is 5.63. The predicted molar refractivity (Wildman–Crippen MR) is 169 cm³/mol. The number of halogens is 3. The lowest BCUT2D eigenvalue weighted by Gasteiger charge is -2.44. The van der Waals surface area contributed by atoms with Crippen LogP contribution < -0.4 is 15.5 Å². The molecule has 1 aromatic heterocycles. The van der Waals surface area contributed by atoms with Crippen LogP contribution in [0.5, 0.6) is 0 Å². The summed E-state index contributed by atoms with van der Waals surface area (Å²) < 4.78 is 36.4. The molecular formula is C31H39ClF2N8O3. The lowest BCUT2D eigenvalue weighted by Crippen LogP contribution is -2.55. The maximum atomic E-state index is 15.8. The van der Waals surface area contributed by atoms with Gasteiger partial charge in [-0.2, -0.15) is 0 Å². The second kappa shape index (κ2) is 14.2. The van der Waals surface area contributed by atoms with Crippen molar-refractivity contribution in [1.29, 1.82) is 0 Å². The topological polar surface area (TPSA) is 108 Å². The molecule has 2 saturated heterocycles. The number of piperazine rings is 1. The number of hydrogen-bond acceptors (Lipinski definition) is 8. The van der Waals surface area contributed by atoms with Crippen molar-refractivity contribution >= 4 is 34.8 Å². The van der Waals surface area contributed by atoms with Gasteiger partial charge in [0.2, 0.25) is 0 Å². The number of rotatable bonds is 9. The highest BCUT2D eigenvalue weighted by molar-refractivity contribution is 6.35. The molecule has 2 aliphatic heterocycles. The van der Waals surface area contributed by atoms with Crippen molar-refractivity contribution in [2.24, 2.45) is 0 Å². The van der Waals surface area contributed by atoms with Crippen molar-refractivity contribution < 1.29 is 23.1 Å². The van der Waals surface area contributed by atoms with Crippen LogP contribution in [0.4, 0.5) is 20.2 Å². The lowest BCUT2D eigenvalue weighted by atomic mass is 10.1. The van der Waals surface area contributed by atoms with Crippen LogP contribution in [0.2, 0.25) is 5.02 Å². The van der Waals surface area contributed by atoms with E-state index in [1.54, 1.807) is 0 Å². The summed E-state index contributed by atoms with van der Waals surface area (Å²) in [5.74, 6) is -2.13. The number of amides is 2. The van der Waals surface area contributed by atoms with Crippen LogP contribution in [0, 0.1) is 18.6 Å². The Morgan fingerprint density at radius 1 is 1.04 bits per heavy atom. The molecule has 3 aromatic rings. The number of carbonyl (C=O) groups excluding carboxylic acids is 2. The molecule has 0 saturated carbocycles. The summed E-state index contributed by atoms with van der Waals surface area (Å²) >= 11 is 6.33. The van der Waals surface area contributed by atoms with Gasteiger partial charge in [0, 0.05) is 56.4 Å². The Bertz CT molecular complexity index is 1540. The molecule has 2 atom stereocenters. The monoisotopic (exact) mass is 644 g/mol. The number of morpholine rings is 1. The molecule has 11 nitrogen and oxygen atoms in total. The van der Waals surface area contributed by atoms with Gasteiger partial charge in [0.25, 0.3) is 11.8 Å². The number of nitrogens with zero attached hydrogens (tertiary/aromatic N) is 6. The van der Waals surface area contributed by atoms with E-state index in [9.17, 15) is 14.0 Å². The summed E-state index contributed by atoms with van der Waals surface area (Å²) in [6.45, 7) is 11.3. The summed E-state index contributed by atoms with van der Waals surface area (Å²) in [5, 5.41) is 13.7. The summed E-state index contributed by atoms with van der Waals surface area (Å²) in [5.41, 5.74) is 1.05. The Morgan fingerprint density at radius 2 is 1.76 bits per heavy atom. The number of nitrogens with one attached hydrogen (secondary N) is 2. The lowest BCUT2D eigenvalue weighted by molar-refractivity contribution is 0.0374. The SMILES string of the molecule is Cc1c(F)ccc(C(=O)Nc2cc(-n3cc(C(=O)NCCCN4CCOCC4)nn3)c(F)cc2N2C[C@@H](C)N(C)[C@@H](C)C2)c1Cl. The molecule has 2 amide bonds. The Kier molecular flexibility index (Phi) is 10.3. The van der Waals surface area contributed by atoms with E-state index in [2.05, 4.69) is 44.6 Å². The van der Waals surface area contributed by atoms with Crippen molar-refractivity contribution in [2.75, 3.05) is 69.7 Å². The molecule has 0 aliphatic carbocycles. The summed E-state index contributed by atoms with van der Waals surface area (Å²) in [6.07, 6.45) is 2.11. The zero-order chi connectivity index (χ0) is 32.2. The molecule has 3 heterocycles. The zero-order valence-corrected chi connectivity index (χ0v) is 26.7. The number of likely N-dealkylation sites (N-methyl/N-ethyl adjacent to an activating group) is 1. The molecule has 5 rings (SSSR count). The third-order valence-electron chi connectivity index (χ3n) is 8.59. The van der Waals surface area contributed by atoms with E-state index in [0.717, 1.165) is 26.1 Å². The molecule has 0 radical (unpaired) electrons. The van der Waals surface area contributed by atoms with Crippen molar-refractivity contribution in [1.82, 2.24) is 30.1 Å². The van der Waals surface area contributed by atoms with Gasteiger partial charge in [0.1, 0.15) is 11.5 Å². The minimum absolute atomic E-state index is 0.00453. The van der Waals surface area contributed by atoms with E-state index in [1.807, 2.05) is 11.9 Å². The van der Waals surface area contributed by atoms with Gasteiger partial charge < -0.3 is 20.3 Å². The van der Waals surface area contributed by atoms with Crippen molar-refractivity contribution in [3.05, 3.63) is 63.9 Å². The van der Waals surface area contributed by atoms with Gasteiger partial charge in [0.05, 0.1) is 41.4 Å². The maximum absolute atomic E-state index is 15.8. The van der Waals surface area contributed by atoms with Gasteiger partial charge in [-0.1, -0.05) is 16.8 Å². The molecule has 2 fully saturated rings. The summed E-state index contributed by atoms with van der Waals surface area (Å²) in [4.78, 5) is 32.7. The van der Waals surface area contributed by atoms with Gasteiger partial charge in [-0.05, 0) is 59.0 Å². The number of carbonyl (C=O) groups is 2. The van der Waals surface area contributed by atoms with Crippen LogP contribution in [0.3, 0.4) is 0 Å². The average molecular weight is 645 g/mol. The highest BCUT2D eigenvalue weighted by Crippen LogP contribution is 2.34. The molecule has 0 bridgehead atoms. The molecule has 45 heavy (non-hydrogen) atoms. The number of aromatic nitrogens is 3.